The van der Waals surface area contributed by atoms with Crippen molar-refractivity contribution in [2.45, 2.75) is 19.4 Å². The van der Waals surface area contributed by atoms with Gasteiger partial charge in [0.05, 0.1) is 11.2 Å². The zero-order valence-electron chi connectivity index (χ0n) is 7.49. The summed E-state index contributed by atoms with van der Waals surface area (Å²) >= 11 is 4.26. The summed E-state index contributed by atoms with van der Waals surface area (Å²) in [5, 5.41) is 4.32. The SMILES string of the molecule is C=Cc1ccn(C(C)(C)CS)n1. The van der Waals surface area contributed by atoms with Crippen LogP contribution in [-0.4, -0.2) is 15.5 Å². The summed E-state index contributed by atoms with van der Waals surface area (Å²) < 4.78 is 1.91. The van der Waals surface area contributed by atoms with Crippen molar-refractivity contribution in [3.05, 3.63) is 24.5 Å². The highest BCUT2D eigenvalue weighted by Gasteiger charge is 2.18. The number of thiol groups is 1. The first-order chi connectivity index (χ1) is 5.60. The van der Waals surface area contributed by atoms with Gasteiger partial charge in [-0.3, -0.25) is 4.68 Å². The van der Waals surface area contributed by atoms with Gasteiger partial charge in [0.25, 0.3) is 0 Å². The van der Waals surface area contributed by atoms with Crippen LogP contribution in [0.5, 0.6) is 0 Å². The molecule has 0 bridgehead atoms. The smallest absolute Gasteiger partial charge is 0.0845 e. The van der Waals surface area contributed by atoms with Crippen LogP contribution in [0.2, 0.25) is 0 Å². The molecule has 3 heteroatoms. The molecule has 1 heterocycles. The highest BCUT2D eigenvalue weighted by molar-refractivity contribution is 7.80. The molecule has 0 unspecified atom stereocenters. The van der Waals surface area contributed by atoms with Crippen LogP contribution in [0.1, 0.15) is 19.5 Å². The van der Waals surface area contributed by atoms with Crippen molar-refractivity contribution in [3.8, 4) is 0 Å². The first-order valence-corrected chi connectivity index (χ1v) is 4.53. The maximum absolute atomic E-state index is 4.32. The fraction of sp³-hybridized carbons (Fsp3) is 0.444. The number of nitrogens with zero attached hydrogens (tertiary/aromatic N) is 2. The Morgan fingerprint density at radius 2 is 2.42 bits per heavy atom. The van der Waals surface area contributed by atoms with E-state index < -0.39 is 0 Å². The van der Waals surface area contributed by atoms with E-state index in [0.29, 0.717) is 0 Å². The molecule has 0 aliphatic carbocycles. The van der Waals surface area contributed by atoms with E-state index in [-0.39, 0.29) is 5.54 Å². The molecule has 0 aromatic carbocycles. The van der Waals surface area contributed by atoms with E-state index in [1.807, 2.05) is 16.9 Å². The van der Waals surface area contributed by atoms with Gasteiger partial charge in [0, 0.05) is 11.9 Å². The molecule has 0 aliphatic heterocycles. The molecule has 0 saturated heterocycles. The maximum Gasteiger partial charge on any atom is 0.0845 e. The zero-order chi connectivity index (χ0) is 9.19. The molecule has 2 nitrogen and oxygen atoms in total. The second-order valence-corrected chi connectivity index (χ2v) is 3.68. The van der Waals surface area contributed by atoms with Gasteiger partial charge < -0.3 is 0 Å². The van der Waals surface area contributed by atoms with Crippen molar-refractivity contribution in [2.24, 2.45) is 0 Å². The molecule has 0 spiro atoms. The molecule has 0 atom stereocenters. The molecular formula is C9H14N2S. The van der Waals surface area contributed by atoms with Crippen LogP contribution in [0.25, 0.3) is 6.08 Å². The minimum atomic E-state index is -0.0234. The quantitative estimate of drug-likeness (QED) is 0.709. The molecule has 12 heavy (non-hydrogen) atoms. The molecule has 0 amide bonds. The van der Waals surface area contributed by atoms with Crippen molar-refractivity contribution < 1.29 is 0 Å². The van der Waals surface area contributed by atoms with Gasteiger partial charge in [0.15, 0.2) is 0 Å². The lowest BCUT2D eigenvalue weighted by atomic mass is 10.1. The Bertz CT molecular complexity index is 276. The molecule has 1 rings (SSSR count). The van der Waals surface area contributed by atoms with E-state index in [1.165, 1.54) is 0 Å². The second kappa shape index (κ2) is 3.35. The molecule has 0 saturated carbocycles. The topological polar surface area (TPSA) is 17.8 Å². The Morgan fingerprint density at radius 1 is 1.75 bits per heavy atom. The minimum absolute atomic E-state index is 0.0234. The molecule has 1 aromatic rings. The zero-order valence-corrected chi connectivity index (χ0v) is 8.38. The maximum atomic E-state index is 4.32. The third kappa shape index (κ3) is 1.72. The summed E-state index contributed by atoms with van der Waals surface area (Å²) in [6.45, 7) is 7.85. The Hall–Kier alpha value is -0.700. The van der Waals surface area contributed by atoms with Crippen molar-refractivity contribution in [1.29, 1.82) is 0 Å². The monoisotopic (exact) mass is 182 g/mol. The van der Waals surface area contributed by atoms with Crippen LogP contribution >= 0.6 is 12.6 Å². The van der Waals surface area contributed by atoms with Gasteiger partial charge in [-0.2, -0.15) is 17.7 Å². The summed E-state index contributed by atoms with van der Waals surface area (Å²) in [5.41, 5.74) is 0.884. The third-order valence-electron chi connectivity index (χ3n) is 1.83. The van der Waals surface area contributed by atoms with Crippen LogP contribution in [-0.2, 0) is 5.54 Å². The predicted octanol–water partition coefficient (Wildman–Crippen LogP) is 2.19. The molecule has 1 aromatic heterocycles. The van der Waals surface area contributed by atoms with E-state index >= 15 is 0 Å². The fourth-order valence-electron chi connectivity index (χ4n) is 0.856. The molecule has 0 aliphatic rings. The Balaban J connectivity index is 2.95. The van der Waals surface area contributed by atoms with E-state index in [1.54, 1.807) is 6.08 Å². The number of hydrogen-bond acceptors (Lipinski definition) is 2. The molecule has 0 N–H and O–H groups in total. The van der Waals surface area contributed by atoms with Crippen molar-refractivity contribution in [3.63, 3.8) is 0 Å². The first-order valence-electron chi connectivity index (χ1n) is 3.89. The highest BCUT2D eigenvalue weighted by Crippen LogP contribution is 2.15. The summed E-state index contributed by atoms with van der Waals surface area (Å²) in [6, 6.07) is 1.94. The number of aromatic nitrogens is 2. The van der Waals surface area contributed by atoms with Gasteiger partial charge in [-0.05, 0) is 26.0 Å². The Labute approximate surface area is 78.7 Å². The van der Waals surface area contributed by atoms with Gasteiger partial charge in [-0.25, -0.2) is 0 Å². The van der Waals surface area contributed by atoms with Crippen molar-refractivity contribution in [2.75, 3.05) is 5.75 Å². The van der Waals surface area contributed by atoms with Crippen LogP contribution in [0.4, 0.5) is 0 Å². The first kappa shape index (κ1) is 9.39. The van der Waals surface area contributed by atoms with Gasteiger partial charge in [0.2, 0.25) is 0 Å². The normalized spacial score (nSPS) is 11.6. The minimum Gasteiger partial charge on any atom is -0.266 e. The fourth-order valence-corrected chi connectivity index (χ4v) is 1.00. The summed E-state index contributed by atoms with van der Waals surface area (Å²) in [6.07, 6.45) is 3.69. The van der Waals surface area contributed by atoms with E-state index in [0.717, 1.165) is 11.4 Å². The molecule has 0 fully saturated rings. The van der Waals surface area contributed by atoms with Crippen LogP contribution in [0, 0.1) is 0 Å². The van der Waals surface area contributed by atoms with Crippen LogP contribution in [0.3, 0.4) is 0 Å². The van der Waals surface area contributed by atoms with Gasteiger partial charge in [-0.15, -0.1) is 0 Å². The average molecular weight is 182 g/mol. The van der Waals surface area contributed by atoms with Crippen LogP contribution in [0.15, 0.2) is 18.8 Å². The summed E-state index contributed by atoms with van der Waals surface area (Å²) in [7, 11) is 0. The number of hydrogen-bond donors (Lipinski definition) is 1. The van der Waals surface area contributed by atoms with E-state index in [4.69, 9.17) is 0 Å². The molecular weight excluding hydrogens is 168 g/mol. The van der Waals surface area contributed by atoms with Crippen molar-refractivity contribution in [1.82, 2.24) is 9.78 Å². The molecule has 0 radical (unpaired) electrons. The van der Waals surface area contributed by atoms with Crippen LogP contribution < -0.4 is 0 Å². The lowest BCUT2D eigenvalue weighted by molar-refractivity contribution is 0.364. The second-order valence-electron chi connectivity index (χ2n) is 3.36. The van der Waals surface area contributed by atoms with Gasteiger partial charge in [0.1, 0.15) is 0 Å². The largest absolute Gasteiger partial charge is 0.266 e. The van der Waals surface area contributed by atoms with E-state index in [9.17, 15) is 0 Å². The highest BCUT2D eigenvalue weighted by atomic mass is 32.1. The Kier molecular flexibility index (Phi) is 2.62. The summed E-state index contributed by atoms with van der Waals surface area (Å²) in [4.78, 5) is 0. The Morgan fingerprint density at radius 3 is 2.83 bits per heavy atom. The lowest BCUT2D eigenvalue weighted by Crippen LogP contribution is -2.28. The lowest BCUT2D eigenvalue weighted by Gasteiger charge is -2.22. The predicted molar refractivity (Wildman–Crippen MR) is 55.5 cm³/mol. The van der Waals surface area contributed by atoms with Gasteiger partial charge >= 0.3 is 0 Å². The molecule has 66 valence electrons. The standard InChI is InChI=1S/C9H14N2S/c1-4-8-5-6-11(10-8)9(2,3)7-12/h4-6,12H,1,7H2,2-3H3. The third-order valence-corrected chi connectivity index (χ3v) is 2.60. The van der Waals surface area contributed by atoms with Crippen molar-refractivity contribution >= 4 is 18.7 Å². The average Bonchev–Trinajstić information content (AvgIpc) is 2.52. The number of rotatable bonds is 3. The summed E-state index contributed by atoms with van der Waals surface area (Å²) in [5.74, 6) is 0.769. The van der Waals surface area contributed by atoms with Gasteiger partial charge in [-0.1, -0.05) is 6.58 Å². The van der Waals surface area contributed by atoms with E-state index in [2.05, 4.69) is 38.2 Å².